The smallest absolute Gasteiger partial charge is 0.269 e. The zero-order valence-electron chi connectivity index (χ0n) is 14.7. The van der Waals surface area contributed by atoms with Crippen LogP contribution in [-0.4, -0.2) is 52.2 Å². The van der Waals surface area contributed by atoms with E-state index in [0.29, 0.717) is 23.2 Å². The van der Waals surface area contributed by atoms with Crippen molar-refractivity contribution >= 4 is 5.91 Å². The van der Waals surface area contributed by atoms with Gasteiger partial charge in [-0.3, -0.25) is 14.7 Å². The Kier molecular flexibility index (Phi) is 5.28. The van der Waals surface area contributed by atoms with Gasteiger partial charge in [0.05, 0.1) is 6.04 Å². The van der Waals surface area contributed by atoms with E-state index in [1.807, 2.05) is 0 Å². The molecule has 3 rings (SSSR count). The first kappa shape index (κ1) is 17.3. The number of hydrogen-bond donors (Lipinski definition) is 1. The van der Waals surface area contributed by atoms with Gasteiger partial charge in [-0.05, 0) is 32.4 Å². The molecule has 8 heteroatoms. The van der Waals surface area contributed by atoms with E-state index in [-0.39, 0.29) is 18.1 Å². The lowest BCUT2D eigenvalue weighted by Crippen LogP contribution is -2.42. The molecular formula is C17H23N5O3. The van der Waals surface area contributed by atoms with Crippen LogP contribution in [0.3, 0.4) is 0 Å². The summed E-state index contributed by atoms with van der Waals surface area (Å²) < 4.78 is 11.2. The second kappa shape index (κ2) is 7.60. The predicted molar refractivity (Wildman–Crippen MR) is 90.3 cm³/mol. The summed E-state index contributed by atoms with van der Waals surface area (Å²) in [5.41, 5.74) is 0.350. The van der Waals surface area contributed by atoms with Crippen LogP contribution in [0.1, 0.15) is 48.0 Å². The summed E-state index contributed by atoms with van der Waals surface area (Å²) in [7, 11) is 1.58. The number of amides is 1. The molecule has 0 saturated carbocycles. The lowest BCUT2D eigenvalue weighted by atomic mass is 10.1. The fourth-order valence-electron chi connectivity index (χ4n) is 2.99. The van der Waals surface area contributed by atoms with E-state index in [4.69, 9.17) is 9.26 Å². The van der Waals surface area contributed by atoms with Crippen molar-refractivity contribution in [1.82, 2.24) is 25.3 Å². The third-order valence-corrected chi connectivity index (χ3v) is 4.37. The van der Waals surface area contributed by atoms with Gasteiger partial charge < -0.3 is 14.6 Å². The second-order valence-electron chi connectivity index (χ2n) is 6.18. The van der Waals surface area contributed by atoms with E-state index in [0.717, 1.165) is 25.9 Å². The average Bonchev–Trinajstić information content (AvgIpc) is 3.07. The van der Waals surface area contributed by atoms with Crippen LogP contribution in [0.25, 0.3) is 0 Å². The molecule has 3 heterocycles. The fourth-order valence-corrected chi connectivity index (χ4v) is 2.99. The first-order valence-corrected chi connectivity index (χ1v) is 8.46. The first-order chi connectivity index (χ1) is 12.1. The van der Waals surface area contributed by atoms with Crippen molar-refractivity contribution in [3.05, 3.63) is 35.7 Å². The Hall–Kier alpha value is -2.48. The van der Waals surface area contributed by atoms with E-state index in [9.17, 15) is 4.79 Å². The van der Waals surface area contributed by atoms with Crippen LogP contribution in [0.15, 0.2) is 22.9 Å². The summed E-state index contributed by atoms with van der Waals surface area (Å²) in [4.78, 5) is 22.4. The molecule has 1 N–H and O–H groups in total. The molecule has 2 aromatic rings. The van der Waals surface area contributed by atoms with Gasteiger partial charge in [0.15, 0.2) is 5.82 Å². The largest absolute Gasteiger partial charge is 0.489 e. The van der Waals surface area contributed by atoms with Crippen LogP contribution in [-0.2, 0) is 0 Å². The second-order valence-corrected chi connectivity index (χ2v) is 6.18. The lowest BCUT2D eigenvalue weighted by Gasteiger charge is -2.35. The Labute approximate surface area is 146 Å². The minimum absolute atomic E-state index is 0.0455. The standard InChI is InChI=1S/C17H23N5O3/c1-11(16-20-12(2)25-21-16)22-8-4-5-14(10-22)24-13-6-7-19-15(9-13)17(23)18-3/h6-7,9,11,14H,4-5,8,10H2,1-3H3,(H,18,23). The van der Waals surface area contributed by atoms with Gasteiger partial charge in [0, 0.05) is 32.8 Å². The topological polar surface area (TPSA) is 93.4 Å². The van der Waals surface area contributed by atoms with Gasteiger partial charge >= 0.3 is 0 Å². The van der Waals surface area contributed by atoms with Gasteiger partial charge in [-0.15, -0.1) is 0 Å². The number of aromatic nitrogens is 3. The monoisotopic (exact) mass is 345 g/mol. The van der Waals surface area contributed by atoms with Crippen molar-refractivity contribution in [1.29, 1.82) is 0 Å². The molecule has 0 bridgehead atoms. The zero-order valence-corrected chi connectivity index (χ0v) is 14.7. The van der Waals surface area contributed by atoms with Gasteiger partial charge in [0.1, 0.15) is 17.5 Å². The molecule has 1 fully saturated rings. The Morgan fingerprint density at radius 2 is 2.36 bits per heavy atom. The van der Waals surface area contributed by atoms with E-state index < -0.39 is 0 Å². The van der Waals surface area contributed by atoms with Gasteiger partial charge in [-0.2, -0.15) is 4.98 Å². The summed E-state index contributed by atoms with van der Waals surface area (Å²) in [5.74, 6) is 1.70. The van der Waals surface area contributed by atoms with Crippen molar-refractivity contribution < 1.29 is 14.1 Å². The lowest BCUT2D eigenvalue weighted by molar-refractivity contribution is 0.0626. The van der Waals surface area contributed by atoms with Crippen LogP contribution in [0, 0.1) is 6.92 Å². The zero-order chi connectivity index (χ0) is 17.8. The highest BCUT2D eigenvalue weighted by Crippen LogP contribution is 2.25. The van der Waals surface area contributed by atoms with Gasteiger partial charge in [0.2, 0.25) is 5.89 Å². The quantitative estimate of drug-likeness (QED) is 0.882. The summed E-state index contributed by atoms with van der Waals surface area (Å²) in [6, 6.07) is 3.52. The molecule has 0 aliphatic carbocycles. The first-order valence-electron chi connectivity index (χ1n) is 8.46. The third kappa shape index (κ3) is 4.14. The Morgan fingerprint density at radius 1 is 1.52 bits per heavy atom. The summed E-state index contributed by atoms with van der Waals surface area (Å²) >= 11 is 0. The number of pyridine rings is 1. The maximum absolute atomic E-state index is 11.7. The highest BCUT2D eigenvalue weighted by molar-refractivity contribution is 5.92. The minimum Gasteiger partial charge on any atom is -0.489 e. The number of aryl methyl sites for hydroxylation is 1. The molecular weight excluding hydrogens is 322 g/mol. The van der Waals surface area contributed by atoms with Crippen molar-refractivity contribution in [3.8, 4) is 5.75 Å². The molecule has 134 valence electrons. The van der Waals surface area contributed by atoms with E-state index in [1.54, 1.807) is 32.3 Å². The van der Waals surface area contributed by atoms with Gasteiger partial charge in [0.25, 0.3) is 5.91 Å². The number of rotatable bonds is 5. The molecule has 0 radical (unpaired) electrons. The molecule has 1 amide bonds. The number of hydrogen-bond acceptors (Lipinski definition) is 7. The number of carbonyl (C=O) groups excluding carboxylic acids is 1. The maximum Gasteiger partial charge on any atom is 0.269 e. The third-order valence-electron chi connectivity index (χ3n) is 4.37. The highest BCUT2D eigenvalue weighted by Gasteiger charge is 2.28. The summed E-state index contributed by atoms with van der Waals surface area (Å²) in [5, 5.41) is 6.59. The molecule has 1 aliphatic heterocycles. The molecule has 8 nitrogen and oxygen atoms in total. The van der Waals surface area contributed by atoms with Crippen molar-refractivity contribution in [2.45, 2.75) is 38.8 Å². The molecule has 1 aliphatic rings. The molecule has 25 heavy (non-hydrogen) atoms. The van der Waals surface area contributed by atoms with Gasteiger partial charge in [-0.25, -0.2) is 0 Å². The molecule has 1 saturated heterocycles. The minimum atomic E-state index is -0.225. The van der Waals surface area contributed by atoms with Gasteiger partial charge in [-0.1, -0.05) is 5.16 Å². The van der Waals surface area contributed by atoms with Crippen LogP contribution in [0.5, 0.6) is 5.75 Å². The van der Waals surface area contributed by atoms with Crippen LogP contribution < -0.4 is 10.1 Å². The molecule has 2 unspecified atom stereocenters. The van der Waals surface area contributed by atoms with Crippen molar-refractivity contribution in [2.24, 2.45) is 0 Å². The van der Waals surface area contributed by atoms with E-state index in [1.165, 1.54) is 0 Å². The number of nitrogens with one attached hydrogen (secondary N) is 1. The molecule has 0 spiro atoms. The highest BCUT2D eigenvalue weighted by atomic mass is 16.5. The number of ether oxygens (including phenoxy) is 1. The molecule has 2 atom stereocenters. The summed E-state index contributed by atoms with van der Waals surface area (Å²) in [6.45, 7) is 5.60. The Balaban J connectivity index is 1.64. The number of carbonyl (C=O) groups is 1. The maximum atomic E-state index is 11.7. The fraction of sp³-hybridized carbons (Fsp3) is 0.529. The Morgan fingerprint density at radius 3 is 3.08 bits per heavy atom. The van der Waals surface area contributed by atoms with Crippen molar-refractivity contribution in [2.75, 3.05) is 20.1 Å². The van der Waals surface area contributed by atoms with E-state index >= 15 is 0 Å². The number of likely N-dealkylation sites (tertiary alicyclic amines) is 1. The summed E-state index contributed by atoms with van der Waals surface area (Å²) in [6.07, 6.45) is 3.63. The molecule has 2 aromatic heterocycles. The average molecular weight is 345 g/mol. The SMILES string of the molecule is CNC(=O)c1cc(OC2CCCN(C(C)c3noc(C)n3)C2)ccn1. The number of nitrogens with zero attached hydrogens (tertiary/aromatic N) is 4. The Bertz CT molecular complexity index is 733. The van der Waals surface area contributed by atoms with Crippen LogP contribution in [0.2, 0.25) is 0 Å². The normalized spacial score (nSPS) is 19.4. The van der Waals surface area contributed by atoms with Crippen molar-refractivity contribution in [3.63, 3.8) is 0 Å². The van der Waals surface area contributed by atoms with E-state index in [2.05, 4.69) is 32.3 Å². The number of piperidine rings is 1. The van der Waals surface area contributed by atoms with Crippen LogP contribution >= 0.6 is 0 Å². The molecule has 0 aromatic carbocycles. The van der Waals surface area contributed by atoms with Crippen LogP contribution in [0.4, 0.5) is 0 Å². The predicted octanol–water partition coefficient (Wildman–Crippen LogP) is 1.74.